The van der Waals surface area contributed by atoms with Crippen molar-refractivity contribution in [3.63, 3.8) is 0 Å². The SMILES string of the molecule is COC(=O)COc1ccc(C=C2CCCN(C(=O)O)C2)cc1[N+](=O)[O-]. The van der Waals surface area contributed by atoms with Crippen LogP contribution in [0.5, 0.6) is 5.75 Å². The molecule has 1 saturated heterocycles. The lowest BCUT2D eigenvalue weighted by molar-refractivity contribution is -0.385. The van der Waals surface area contributed by atoms with Crippen LogP contribution in [0.4, 0.5) is 10.5 Å². The minimum Gasteiger partial charge on any atom is -0.475 e. The molecule has 0 aliphatic carbocycles. The van der Waals surface area contributed by atoms with Gasteiger partial charge in [0.05, 0.1) is 12.0 Å². The number of hydrogen-bond acceptors (Lipinski definition) is 6. The monoisotopic (exact) mass is 350 g/mol. The molecule has 134 valence electrons. The standard InChI is InChI=1S/C16H18N2O7/c1-24-15(19)10-25-14-5-4-11(8-13(14)18(22)23)7-12-3-2-6-17(9-12)16(20)21/h4-5,7-8H,2-3,6,9-10H2,1H3,(H,20,21). The Bertz CT molecular complexity index is 714. The van der Waals surface area contributed by atoms with Crippen LogP contribution in [0.25, 0.3) is 6.08 Å². The molecule has 0 saturated carbocycles. The Morgan fingerprint density at radius 1 is 1.44 bits per heavy atom. The molecule has 0 aromatic heterocycles. The van der Waals surface area contributed by atoms with Gasteiger partial charge in [-0.1, -0.05) is 17.7 Å². The van der Waals surface area contributed by atoms with Crippen LogP contribution < -0.4 is 4.74 Å². The summed E-state index contributed by atoms with van der Waals surface area (Å²) in [5, 5.41) is 20.3. The van der Waals surface area contributed by atoms with Crippen molar-refractivity contribution in [1.82, 2.24) is 4.90 Å². The molecule has 9 nitrogen and oxygen atoms in total. The maximum atomic E-state index is 11.2. The predicted octanol–water partition coefficient (Wildman–Crippen LogP) is 2.30. The molecule has 1 fully saturated rings. The molecule has 1 heterocycles. The Balaban J connectivity index is 2.20. The summed E-state index contributed by atoms with van der Waals surface area (Å²) in [5.41, 5.74) is 1.18. The maximum absolute atomic E-state index is 11.2. The second kappa shape index (κ2) is 8.13. The third kappa shape index (κ3) is 4.93. The fourth-order valence-electron chi connectivity index (χ4n) is 2.50. The summed E-state index contributed by atoms with van der Waals surface area (Å²) in [6.45, 7) is 0.336. The van der Waals surface area contributed by atoms with E-state index in [1.54, 1.807) is 12.1 Å². The Kier molecular flexibility index (Phi) is 5.93. The lowest BCUT2D eigenvalue weighted by atomic mass is 10.0. The fraction of sp³-hybridized carbons (Fsp3) is 0.375. The molecule has 25 heavy (non-hydrogen) atoms. The van der Waals surface area contributed by atoms with Gasteiger partial charge in [-0.2, -0.15) is 0 Å². The van der Waals surface area contributed by atoms with Crippen LogP contribution in [0, 0.1) is 10.1 Å². The summed E-state index contributed by atoms with van der Waals surface area (Å²) in [6.07, 6.45) is 2.20. The Morgan fingerprint density at radius 3 is 2.84 bits per heavy atom. The van der Waals surface area contributed by atoms with Crippen LogP contribution >= 0.6 is 0 Å². The van der Waals surface area contributed by atoms with Gasteiger partial charge in [-0.05, 0) is 24.5 Å². The molecule has 0 unspecified atom stereocenters. The minimum absolute atomic E-state index is 0.0339. The number of nitro groups is 1. The van der Waals surface area contributed by atoms with Crippen LogP contribution in [0.1, 0.15) is 18.4 Å². The van der Waals surface area contributed by atoms with Gasteiger partial charge in [0.2, 0.25) is 0 Å². The minimum atomic E-state index is -0.983. The molecule has 0 radical (unpaired) electrons. The van der Waals surface area contributed by atoms with Gasteiger partial charge in [0, 0.05) is 19.2 Å². The summed E-state index contributed by atoms with van der Waals surface area (Å²) in [4.78, 5) is 34.1. The molecule has 1 aromatic rings. The van der Waals surface area contributed by atoms with Gasteiger partial charge in [-0.15, -0.1) is 0 Å². The first-order valence-electron chi connectivity index (χ1n) is 7.56. The Labute approximate surface area is 143 Å². The van der Waals surface area contributed by atoms with Crippen molar-refractivity contribution in [3.8, 4) is 5.75 Å². The zero-order chi connectivity index (χ0) is 18.4. The third-order valence-electron chi connectivity index (χ3n) is 3.71. The van der Waals surface area contributed by atoms with E-state index in [2.05, 4.69) is 4.74 Å². The summed E-state index contributed by atoms with van der Waals surface area (Å²) in [5.74, 6) is -0.676. The van der Waals surface area contributed by atoms with Crippen molar-refractivity contribution < 1.29 is 29.1 Å². The number of benzene rings is 1. The lowest BCUT2D eigenvalue weighted by Gasteiger charge is -2.26. The van der Waals surface area contributed by atoms with E-state index in [0.29, 0.717) is 18.5 Å². The van der Waals surface area contributed by atoms with Crippen LogP contribution in [0.15, 0.2) is 23.8 Å². The smallest absolute Gasteiger partial charge is 0.407 e. The number of nitro benzene ring substituents is 1. The first-order valence-corrected chi connectivity index (χ1v) is 7.56. The largest absolute Gasteiger partial charge is 0.475 e. The number of likely N-dealkylation sites (tertiary alicyclic amines) is 1. The first-order chi connectivity index (χ1) is 11.9. The summed E-state index contributed by atoms with van der Waals surface area (Å²) in [7, 11) is 1.19. The van der Waals surface area contributed by atoms with Crippen LogP contribution in [0.3, 0.4) is 0 Å². The number of methoxy groups -OCH3 is 1. The van der Waals surface area contributed by atoms with E-state index >= 15 is 0 Å². The number of carbonyl (C=O) groups is 2. The highest BCUT2D eigenvalue weighted by Crippen LogP contribution is 2.29. The Hall–Kier alpha value is -3.10. The molecule has 1 amide bonds. The second-order valence-electron chi connectivity index (χ2n) is 5.46. The topological polar surface area (TPSA) is 119 Å². The van der Waals surface area contributed by atoms with E-state index in [0.717, 1.165) is 12.0 Å². The summed E-state index contributed by atoms with van der Waals surface area (Å²) >= 11 is 0. The fourth-order valence-corrected chi connectivity index (χ4v) is 2.50. The van der Waals surface area contributed by atoms with E-state index < -0.39 is 23.6 Å². The highest BCUT2D eigenvalue weighted by Gasteiger charge is 2.20. The number of amides is 1. The molecule has 9 heteroatoms. The molecular weight excluding hydrogens is 332 g/mol. The molecule has 1 aromatic carbocycles. The zero-order valence-electron chi connectivity index (χ0n) is 13.6. The normalized spacial score (nSPS) is 15.7. The third-order valence-corrected chi connectivity index (χ3v) is 3.71. The van der Waals surface area contributed by atoms with E-state index in [-0.39, 0.29) is 18.0 Å². The van der Waals surface area contributed by atoms with Crippen molar-refractivity contribution >= 4 is 23.8 Å². The quantitative estimate of drug-likeness (QED) is 0.491. The van der Waals surface area contributed by atoms with E-state index in [1.165, 1.54) is 24.1 Å². The lowest BCUT2D eigenvalue weighted by Crippen LogP contribution is -2.35. The number of nitrogens with zero attached hydrogens (tertiary/aromatic N) is 2. The molecular formula is C16H18N2O7. The zero-order valence-corrected chi connectivity index (χ0v) is 13.6. The molecule has 0 atom stereocenters. The van der Waals surface area contributed by atoms with Gasteiger partial charge in [0.15, 0.2) is 12.4 Å². The molecule has 1 N–H and O–H groups in total. The highest BCUT2D eigenvalue weighted by atomic mass is 16.6. The molecule has 1 aliphatic rings. The van der Waals surface area contributed by atoms with Crippen molar-refractivity contribution in [1.29, 1.82) is 0 Å². The van der Waals surface area contributed by atoms with Gasteiger partial charge >= 0.3 is 17.7 Å². The molecule has 1 aliphatic heterocycles. The van der Waals surface area contributed by atoms with Crippen LogP contribution in [-0.4, -0.2) is 53.8 Å². The van der Waals surface area contributed by atoms with Crippen molar-refractivity contribution in [3.05, 3.63) is 39.4 Å². The maximum Gasteiger partial charge on any atom is 0.407 e. The number of carbonyl (C=O) groups excluding carboxylic acids is 1. The molecule has 0 spiro atoms. The van der Waals surface area contributed by atoms with E-state index in [9.17, 15) is 19.7 Å². The van der Waals surface area contributed by atoms with Gasteiger partial charge in [0.1, 0.15) is 0 Å². The molecule has 2 rings (SSSR count). The number of carboxylic acid groups (broad SMARTS) is 1. The second-order valence-corrected chi connectivity index (χ2v) is 5.46. The number of hydrogen-bond donors (Lipinski definition) is 1. The van der Waals surface area contributed by atoms with Gasteiger partial charge in [-0.3, -0.25) is 10.1 Å². The van der Waals surface area contributed by atoms with Gasteiger partial charge in [0.25, 0.3) is 0 Å². The predicted molar refractivity (Wildman–Crippen MR) is 87.4 cm³/mol. The number of ether oxygens (including phenoxy) is 2. The first kappa shape index (κ1) is 18.2. The number of esters is 1. The highest BCUT2D eigenvalue weighted by molar-refractivity contribution is 5.71. The number of piperidine rings is 1. The molecule has 0 bridgehead atoms. The summed E-state index contributed by atoms with van der Waals surface area (Å²) < 4.78 is 9.55. The van der Waals surface area contributed by atoms with E-state index in [1.807, 2.05) is 0 Å². The average molecular weight is 350 g/mol. The average Bonchev–Trinajstić information content (AvgIpc) is 2.60. The van der Waals surface area contributed by atoms with Crippen LogP contribution in [0.2, 0.25) is 0 Å². The number of rotatable bonds is 5. The van der Waals surface area contributed by atoms with Gasteiger partial charge in [-0.25, -0.2) is 9.59 Å². The van der Waals surface area contributed by atoms with Crippen LogP contribution in [-0.2, 0) is 9.53 Å². The van der Waals surface area contributed by atoms with E-state index in [4.69, 9.17) is 9.84 Å². The van der Waals surface area contributed by atoms with Crippen molar-refractivity contribution in [2.45, 2.75) is 12.8 Å². The summed E-state index contributed by atoms with van der Waals surface area (Å²) in [6, 6.07) is 4.36. The van der Waals surface area contributed by atoms with Crippen molar-refractivity contribution in [2.75, 3.05) is 26.8 Å². The van der Waals surface area contributed by atoms with Gasteiger partial charge < -0.3 is 19.5 Å². The Morgan fingerprint density at radius 2 is 2.20 bits per heavy atom. The van der Waals surface area contributed by atoms with Crippen molar-refractivity contribution in [2.24, 2.45) is 0 Å².